The first-order chi connectivity index (χ1) is 7.87. The molecule has 0 fully saturated rings. The molecule has 1 rings (SSSR count). The van der Waals surface area contributed by atoms with E-state index in [0.29, 0.717) is 5.75 Å². The second kappa shape index (κ2) is 5.50. The van der Waals surface area contributed by atoms with E-state index in [9.17, 15) is 5.11 Å². The van der Waals surface area contributed by atoms with E-state index in [-0.39, 0.29) is 12.0 Å². The molecule has 0 aliphatic carbocycles. The Hall–Kier alpha value is -1.09. The summed E-state index contributed by atoms with van der Waals surface area (Å²) >= 11 is 0. The van der Waals surface area contributed by atoms with Gasteiger partial charge in [0, 0.05) is 11.8 Å². The van der Waals surface area contributed by atoms with Crippen molar-refractivity contribution in [3.05, 3.63) is 24.0 Å². The van der Waals surface area contributed by atoms with Crippen molar-refractivity contribution < 1.29 is 9.84 Å². The van der Waals surface area contributed by atoms with Crippen LogP contribution in [0, 0.1) is 5.92 Å². The number of ether oxygens (including phenoxy) is 1. The fourth-order valence-corrected chi connectivity index (χ4v) is 1.71. The van der Waals surface area contributed by atoms with Crippen molar-refractivity contribution in [1.29, 1.82) is 0 Å². The molecule has 0 spiro atoms. The largest absolute Gasteiger partial charge is 0.489 e. The quantitative estimate of drug-likeness (QED) is 0.855. The van der Waals surface area contributed by atoms with E-state index >= 15 is 0 Å². The summed E-state index contributed by atoms with van der Waals surface area (Å²) in [7, 11) is 0. The minimum absolute atomic E-state index is 0.112. The summed E-state index contributed by atoms with van der Waals surface area (Å²) in [5, 5.41) is 10.5. The molecule has 0 aliphatic heterocycles. The van der Waals surface area contributed by atoms with Crippen LogP contribution in [-0.4, -0.2) is 16.2 Å². The fourth-order valence-electron chi connectivity index (χ4n) is 1.71. The van der Waals surface area contributed by atoms with Gasteiger partial charge in [0.05, 0.1) is 17.9 Å². The molecular formula is C14H23NO2. The predicted molar refractivity (Wildman–Crippen MR) is 69.0 cm³/mol. The SMILES string of the molecule is CCC(C)C(C)(O)c1cncc(OC(C)C)c1. The van der Waals surface area contributed by atoms with Crippen LogP contribution in [0.4, 0.5) is 0 Å². The van der Waals surface area contributed by atoms with Crippen molar-refractivity contribution in [3.63, 3.8) is 0 Å². The van der Waals surface area contributed by atoms with Crippen LogP contribution in [0.1, 0.15) is 46.6 Å². The first kappa shape index (κ1) is 14.0. The smallest absolute Gasteiger partial charge is 0.138 e. The number of rotatable bonds is 5. The van der Waals surface area contributed by atoms with Gasteiger partial charge in [-0.25, -0.2) is 0 Å². The number of nitrogens with zero attached hydrogens (tertiary/aromatic N) is 1. The summed E-state index contributed by atoms with van der Waals surface area (Å²) < 4.78 is 5.59. The highest BCUT2D eigenvalue weighted by Gasteiger charge is 2.29. The van der Waals surface area contributed by atoms with Crippen molar-refractivity contribution in [3.8, 4) is 5.75 Å². The van der Waals surface area contributed by atoms with E-state index in [1.54, 1.807) is 12.4 Å². The molecule has 0 amide bonds. The third-order valence-electron chi connectivity index (χ3n) is 3.24. The summed E-state index contributed by atoms with van der Waals surface area (Å²) in [6.07, 6.45) is 4.42. The maximum absolute atomic E-state index is 10.5. The van der Waals surface area contributed by atoms with Gasteiger partial charge in [-0.2, -0.15) is 0 Å². The Morgan fingerprint density at radius 2 is 2.00 bits per heavy atom. The average Bonchev–Trinajstić information content (AvgIpc) is 2.27. The lowest BCUT2D eigenvalue weighted by Crippen LogP contribution is -2.29. The van der Waals surface area contributed by atoms with E-state index < -0.39 is 5.60 Å². The number of hydrogen-bond donors (Lipinski definition) is 1. The molecule has 0 saturated carbocycles. The van der Waals surface area contributed by atoms with Gasteiger partial charge >= 0.3 is 0 Å². The van der Waals surface area contributed by atoms with Crippen molar-refractivity contribution in [2.24, 2.45) is 5.92 Å². The van der Waals surface area contributed by atoms with Crippen LogP contribution in [0.25, 0.3) is 0 Å². The number of aliphatic hydroxyl groups is 1. The Kier molecular flexibility index (Phi) is 4.52. The molecule has 1 aromatic heterocycles. The van der Waals surface area contributed by atoms with Crippen LogP contribution in [0.2, 0.25) is 0 Å². The number of aromatic nitrogens is 1. The van der Waals surface area contributed by atoms with Gasteiger partial charge in [0.25, 0.3) is 0 Å². The Bertz CT molecular complexity index is 361. The molecule has 3 nitrogen and oxygen atoms in total. The van der Waals surface area contributed by atoms with Crippen LogP contribution in [-0.2, 0) is 5.60 Å². The molecule has 1 N–H and O–H groups in total. The fraction of sp³-hybridized carbons (Fsp3) is 0.643. The minimum Gasteiger partial charge on any atom is -0.489 e. The average molecular weight is 237 g/mol. The van der Waals surface area contributed by atoms with Gasteiger partial charge in [-0.05, 0) is 32.8 Å². The second-order valence-corrected chi connectivity index (χ2v) is 5.03. The highest BCUT2D eigenvalue weighted by molar-refractivity contribution is 5.28. The van der Waals surface area contributed by atoms with Gasteiger partial charge in [-0.3, -0.25) is 4.98 Å². The first-order valence-electron chi connectivity index (χ1n) is 6.22. The Morgan fingerprint density at radius 1 is 1.35 bits per heavy atom. The van der Waals surface area contributed by atoms with Gasteiger partial charge in [0.1, 0.15) is 5.75 Å². The summed E-state index contributed by atoms with van der Waals surface area (Å²) in [5.41, 5.74) is -0.0528. The van der Waals surface area contributed by atoms with Crippen LogP contribution in [0.3, 0.4) is 0 Å². The normalized spacial score (nSPS) is 16.6. The monoisotopic (exact) mass is 237 g/mol. The summed E-state index contributed by atoms with van der Waals surface area (Å²) in [4.78, 5) is 4.14. The minimum atomic E-state index is -0.863. The Morgan fingerprint density at radius 3 is 2.53 bits per heavy atom. The third kappa shape index (κ3) is 3.43. The van der Waals surface area contributed by atoms with Crippen molar-refractivity contribution >= 4 is 0 Å². The zero-order valence-electron chi connectivity index (χ0n) is 11.4. The van der Waals surface area contributed by atoms with Gasteiger partial charge in [-0.15, -0.1) is 0 Å². The van der Waals surface area contributed by atoms with Crippen LogP contribution in [0.5, 0.6) is 5.75 Å². The molecule has 17 heavy (non-hydrogen) atoms. The van der Waals surface area contributed by atoms with Crippen molar-refractivity contribution in [1.82, 2.24) is 4.98 Å². The van der Waals surface area contributed by atoms with Gasteiger partial charge in [-0.1, -0.05) is 20.3 Å². The molecule has 96 valence electrons. The summed E-state index contributed by atoms with van der Waals surface area (Å²) in [5.74, 6) is 0.889. The Labute approximate surface area is 104 Å². The molecule has 3 heteroatoms. The molecule has 1 heterocycles. The lowest BCUT2D eigenvalue weighted by atomic mass is 9.83. The molecule has 2 unspecified atom stereocenters. The third-order valence-corrected chi connectivity index (χ3v) is 3.24. The molecule has 1 aromatic rings. The van der Waals surface area contributed by atoms with Gasteiger partial charge < -0.3 is 9.84 Å². The predicted octanol–water partition coefficient (Wildman–Crippen LogP) is 3.12. The molecule has 0 radical (unpaired) electrons. The first-order valence-corrected chi connectivity index (χ1v) is 6.22. The molecule has 0 saturated heterocycles. The molecule has 0 aliphatic rings. The molecule has 0 bridgehead atoms. The molecular weight excluding hydrogens is 214 g/mol. The highest BCUT2D eigenvalue weighted by Crippen LogP contribution is 2.32. The van der Waals surface area contributed by atoms with Crippen LogP contribution < -0.4 is 4.74 Å². The lowest BCUT2D eigenvalue weighted by molar-refractivity contribution is -0.000579. The van der Waals surface area contributed by atoms with E-state index in [0.717, 1.165) is 12.0 Å². The number of pyridine rings is 1. The van der Waals surface area contributed by atoms with Gasteiger partial charge in [0.2, 0.25) is 0 Å². The van der Waals surface area contributed by atoms with E-state index in [1.807, 2.05) is 33.8 Å². The van der Waals surface area contributed by atoms with Crippen molar-refractivity contribution in [2.75, 3.05) is 0 Å². The molecule has 0 aromatic carbocycles. The van der Waals surface area contributed by atoms with E-state index in [1.165, 1.54) is 0 Å². The van der Waals surface area contributed by atoms with Crippen LogP contribution in [0.15, 0.2) is 18.5 Å². The summed E-state index contributed by atoms with van der Waals surface area (Å²) in [6, 6.07) is 1.87. The summed E-state index contributed by atoms with van der Waals surface area (Å²) in [6.45, 7) is 9.88. The maximum atomic E-state index is 10.5. The topological polar surface area (TPSA) is 42.4 Å². The molecule has 2 atom stereocenters. The Balaban J connectivity index is 2.98. The zero-order chi connectivity index (χ0) is 13.1. The lowest BCUT2D eigenvalue weighted by Gasteiger charge is -2.30. The standard InChI is InChI=1S/C14H23NO2/c1-6-11(4)14(5,16)12-7-13(9-15-8-12)17-10(2)3/h7-11,16H,6H2,1-5H3. The maximum Gasteiger partial charge on any atom is 0.138 e. The highest BCUT2D eigenvalue weighted by atomic mass is 16.5. The zero-order valence-corrected chi connectivity index (χ0v) is 11.4. The van der Waals surface area contributed by atoms with E-state index in [2.05, 4.69) is 11.9 Å². The van der Waals surface area contributed by atoms with Crippen molar-refractivity contribution in [2.45, 2.75) is 52.7 Å². The van der Waals surface area contributed by atoms with Gasteiger partial charge in [0.15, 0.2) is 0 Å². The van der Waals surface area contributed by atoms with E-state index in [4.69, 9.17) is 4.74 Å². The van der Waals surface area contributed by atoms with Crippen LogP contribution >= 0.6 is 0 Å². The second-order valence-electron chi connectivity index (χ2n) is 5.03. The number of hydrogen-bond acceptors (Lipinski definition) is 3.